The van der Waals surface area contributed by atoms with Crippen LogP contribution in [0.2, 0.25) is 0 Å². The predicted molar refractivity (Wildman–Crippen MR) is 197 cm³/mol. The van der Waals surface area contributed by atoms with Crippen molar-refractivity contribution in [2.45, 2.75) is 127 Å². The largest absolute Gasteiger partial charge is 0.392 e. The maximum Gasteiger partial charge on any atom is 0.264 e. The van der Waals surface area contributed by atoms with Gasteiger partial charge in [-0.05, 0) is 78.6 Å². The number of carbonyl (C=O) groups excluding carboxylic acids is 2. The first-order valence-electron chi connectivity index (χ1n) is 18.1. The van der Waals surface area contributed by atoms with E-state index in [1.54, 1.807) is 44.9 Å². The molecule has 1 aromatic rings. The summed E-state index contributed by atoms with van der Waals surface area (Å²) < 4.78 is 39.9. The third kappa shape index (κ3) is 11.8. The van der Waals surface area contributed by atoms with Crippen molar-refractivity contribution >= 4 is 27.8 Å². The lowest BCUT2D eigenvalue weighted by atomic mass is 9.77. The number of amides is 2. The second-order valence-electron chi connectivity index (χ2n) is 15.5. The first-order chi connectivity index (χ1) is 24.1. The number of aliphatic hydroxyl groups is 3. The van der Waals surface area contributed by atoms with Crippen LogP contribution < -0.4 is 15.4 Å². The van der Waals surface area contributed by atoms with Gasteiger partial charge in [-0.2, -0.15) is 0 Å². The summed E-state index contributed by atoms with van der Waals surface area (Å²) in [4.78, 5) is 30.5. The van der Waals surface area contributed by atoms with E-state index in [9.17, 15) is 33.3 Å². The molecule has 2 aliphatic heterocycles. The Morgan fingerprint density at radius 1 is 1.13 bits per heavy atom. The van der Waals surface area contributed by atoms with Gasteiger partial charge in [0.1, 0.15) is 6.10 Å². The van der Waals surface area contributed by atoms with Crippen LogP contribution in [0.4, 0.5) is 0 Å². The van der Waals surface area contributed by atoms with E-state index in [1.807, 2.05) is 39.8 Å². The molecule has 296 valence electrons. The quantitative estimate of drug-likeness (QED) is 0.108. The monoisotopic (exact) mass is 754 g/mol. The number of benzene rings is 1. The minimum absolute atomic E-state index is 0.0188. The van der Waals surface area contributed by atoms with Crippen molar-refractivity contribution in [2.75, 3.05) is 34.2 Å². The molecule has 3 rings (SSSR count). The van der Waals surface area contributed by atoms with Gasteiger partial charge >= 0.3 is 0 Å². The number of nitrogens with one attached hydrogen (secondary N) is 4. The Balaban J connectivity index is 1.75. The van der Waals surface area contributed by atoms with E-state index in [-0.39, 0.29) is 48.3 Å². The molecular weight excluding hydrogens is 692 g/mol. The summed E-state index contributed by atoms with van der Waals surface area (Å²) in [5, 5.41) is 48.5. The number of nitrogens with zero attached hydrogens (tertiary/aromatic N) is 2. The highest BCUT2D eigenvalue weighted by Gasteiger charge is 2.47. The van der Waals surface area contributed by atoms with Crippen LogP contribution in [0.5, 0.6) is 0 Å². The van der Waals surface area contributed by atoms with Crippen LogP contribution in [0.15, 0.2) is 29.2 Å². The van der Waals surface area contributed by atoms with Crippen molar-refractivity contribution in [1.82, 2.24) is 25.2 Å². The molecule has 2 fully saturated rings. The molecule has 0 spiro atoms. The highest BCUT2D eigenvalue weighted by molar-refractivity contribution is 7.90. The standard InChI is InChI=1S/C36H62N6O9S/c1-21-12-14-27(15-13-21)52(48,49)40-35(37)38-16-10-11-26-18-29(43)42(9)20-22(2)19-36(6,47)32(24(4)30(44)25(5)33(46)39-26)51-34-31(45)28(41(7)8)17-23(3)50-34/h12-15,22-26,28,30-32,34,44-45,47H,10-11,16-20H2,1-9H3,(H,39,46)(H3,37,38,40)/t22-,23-,24+,25-,26+,28+,30+,31-,32-,34+,36-/m1/s1. The Morgan fingerprint density at radius 3 is 2.38 bits per heavy atom. The number of guanidine groups is 1. The number of sulfonamides is 1. The number of aliphatic hydroxyl groups excluding tert-OH is 2. The highest BCUT2D eigenvalue weighted by atomic mass is 32.2. The molecule has 2 heterocycles. The average Bonchev–Trinajstić information content (AvgIpc) is 3.04. The number of hydrogen-bond donors (Lipinski definition) is 7. The zero-order valence-corrected chi connectivity index (χ0v) is 32.9. The number of likely N-dealkylation sites (N-methyl/N-ethyl adjacent to an activating group) is 1. The third-order valence-electron chi connectivity index (χ3n) is 10.3. The van der Waals surface area contributed by atoms with Crippen molar-refractivity contribution < 1.29 is 42.8 Å². The van der Waals surface area contributed by atoms with Gasteiger partial charge in [-0.1, -0.05) is 38.5 Å². The van der Waals surface area contributed by atoms with Crippen LogP contribution in [-0.4, -0.2) is 134 Å². The number of rotatable bonds is 9. The van der Waals surface area contributed by atoms with Gasteiger partial charge in [-0.25, -0.2) is 13.1 Å². The number of carbonyl (C=O) groups is 2. The highest BCUT2D eigenvalue weighted by Crippen LogP contribution is 2.35. The minimum Gasteiger partial charge on any atom is -0.392 e. The molecule has 52 heavy (non-hydrogen) atoms. The van der Waals surface area contributed by atoms with Gasteiger partial charge in [0, 0.05) is 44.6 Å². The van der Waals surface area contributed by atoms with Crippen LogP contribution in [0, 0.1) is 30.1 Å². The maximum atomic E-state index is 13.6. The van der Waals surface area contributed by atoms with E-state index < -0.39 is 70.0 Å². The molecule has 1 aromatic carbocycles. The SMILES string of the molecule is Cc1ccc(S(=O)(=O)NC(=N)NCCC[C@H]2CC(=O)N(C)C[C@H](C)C[C@@](C)(O)[C@H](O[C@@H]3O[C@H](C)C[C@H](N(C)C)[C@H]3O)[C@@H](C)[C@H](O)[C@@H](C)C(=O)N2)cc1. The lowest BCUT2D eigenvalue weighted by Gasteiger charge is -2.46. The second kappa shape index (κ2) is 18.5. The Hall–Kier alpha value is -2.86. The van der Waals surface area contributed by atoms with Crippen molar-refractivity contribution in [1.29, 1.82) is 5.41 Å². The maximum absolute atomic E-state index is 13.6. The van der Waals surface area contributed by atoms with Crippen molar-refractivity contribution in [3.8, 4) is 0 Å². The second-order valence-corrected chi connectivity index (χ2v) is 17.2. The molecule has 0 unspecified atom stereocenters. The Morgan fingerprint density at radius 2 is 1.77 bits per heavy atom. The van der Waals surface area contributed by atoms with Crippen LogP contribution in [-0.2, 0) is 29.1 Å². The van der Waals surface area contributed by atoms with E-state index in [0.717, 1.165) is 5.56 Å². The summed E-state index contributed by atoms with van der Waals surface area (Å²) in [7, 11) is 1.44. The molecule has 2 aliphatic rings. The smallest absolute Gasteiger partial charge is 0.264 e. The Kier molecular flexibility index (Phi) is 15.5. The van der Waals surface area contributed by atoms with E-state index in [2.05, 4.69) is 15.4 Å². The summed E-state index contributed by atoms with van der Waals surface area (Å²) >= 11 is 0. The van der Waals surface area contributed by atoms with E-state index in [0.29, 0.717) is 25.8 Å². The average molecular weight is 755 g/mol. The van der Waals surface area contributed by atoms with Crippen LogP contribution in [0.3, 0.4) is 0 Å². The molecule has 11 atom stereocenters. The fourth-order valence-electron chi connectivity index (χ4n) is 7.31. The fraction of sp³-hybridized carbons (Fsp3) is 0.750. The zero-order valence-electron chi connectivity index (χ0n) is 32.1. The first-order valence-corrected chi connectivity index (χ1v) is 19.6. The molecular formula is C36H62N6O9S. The summed E-state index contributed by atoms with van der Waals surface area (Å²) in [5.41, 5.74) is -0.640. The van der Waals surface area contributed by atoms with Crippen molar-refractivity contribution in [3.05, 3.63) is 29.8 Å². The summed E-state index contributed by atoms with van der Waals surface area (Å²) in [6, 6.07) is 5.37. The molecule has 16 heteroatoms. The zero-order chi connectivity index (χ0) is 39.1. The first kappa shape index (κ1) is 43.5. The van der Waals surface area contributed by atoms with Crippen LogP contribution in [0.1, 0.15) is 72.3 Å². The molecule has 0 bridgehead atoms. The molecule has 0 saturated carbocycles. The predicted octanol–water partition coefficient (Wildman–Crippen LogP) is 1.15. The van der Waals surface area contributed by atoms with Gasteiger partial charge in [-0.3, -0.25) is 15.0 Å². The summed E-state index contributed by atoms with van der Waals surface area (Å²) in [5.74, 6) is -3.08. The van der Waals surface area contributed by atoms with Gasteiger partial charge in [0.15, 0.2) is 6.29 Å². The van der Waals surface area contributed by atoms with Gasteiger partial charge in [0.25, 0.3) is 10.0 Å². The Bertz CT molecular complexity index is 1460. The normalized spacial score (nSPS) is 34.4. The number of aryl methyl sites for hydroxylation is 1. The molecule has 7 N–H and O–H groups in total. The minimum atomic E-state index is -3.95. The summed E-state index contributed by atoms with van der Waals surface area (Å²) in [6.45, 7) is 11.0. The fourth-order valence-corrected chi connectivity index (χ4v) is 8.27. The lowest BCUT2D eigenvalue weighted by Crippen LogP contribution is -2.59. The molecule has 2 saturated heterocycles. The number of ether oxygens (including phenoxy) is 2. The Labute approximate surface area is 309 Å². The molecule has 2 amide bonds. The molecule has 15 nitrogen and oxygen atoms in total. The van der Waals surface area contributed by atoms with Crippen molar-refractivity contribution in [2.24, 2.45) is 17.8 Å². The van der Waals surface area contributed by atoms with Crippen LogP contribution in [0.25, 0.3) is 0 Å². The van der Waals surface area contributed by atoms with Crippen molar-refractivity contribution in [3.63, 3.8) is 0 Å². The van der Waals surface area contributed by atoms with E-state index >= 15 is 0 Å². The van der Waals surface area contributed by atoms with Gasteiger partial charge in [0.05, 0.1) is 34.7 Å². The summed E-state index contributed by atoms with van der Waals surface area (Å²) in [6.07, 6.45) is -3.25. The molecule has 0 aromatic heterocycles. The van der Waals surface area contributed by atoms with Crippen LogP contribution >= 0.6 is 0 Å². The van der Waals surface area contributed by atoms with Gasteiger partial charge < -0.3 is 45.2 Å². The number of hydrogen-bond acceptors (Lipinski definition) is 11. The molecule has 0 aliphatic carbocycles. The third-order valence-corrected chi connectivity index (χ3v) is 11.6. The van der Waals surface area contributed by atoms with E-state index in [1.165, 1.54) is 12.1 Å². The lowest BCUT2D eigenvalue weighted by molar-refractivity contribution is -0.299. The topological polar surface area (TPSA) is 214 Å². The van der Waals surface area contributed by atoms with Gasteiger partial charge in [-0.15, -0.1) is 0 Å². The van der Waals surface area contributed by atoms with E-state index in [4.69, 9.17) is 14.9 Å². The molecule has 0 radical (unpaired) electrons. The van der Waals surface area contributed by atoms with Gasteiger partial charge in [0.2, 0.25) is 17.8 Å².